The van der Waals surface area contributed by atoms with Gasteiger partial charge in [0, 0.05) is 12.4 Å². The number of hydrogen-bond donors (Lipinski definition) is 0. The highest BCUT2D eigenvalue weighted by molar-refractivity contribution is 5.31. The Balaban J connectivity index is 0.000000151. The molecular formula is C16H10N10. The molecule has 0 spiro atoms. The Morgan fingerprint density at radius 3 is 1.85 bits per heavy atom. The van der Waals surface area contributed by atoms with Gasteiger partial charge in [-0.05, 0) is 24.3 Å². The molecule has 4 heterocycles. The Kier molecular flexibility index (Phi) is 4.99. The Morgan fingerprint density at radius 2 is 1.38 bits per heavy atom. The van der Waals surface area contributed by atoms with Gasteiger partial charge in [0.05, 0.1) is 35.9 Å². The van der Waals surface area contributed by atoms with Crippen molar-refractivity contribution in [2.24, 2.45) is 0 Å². The lowest BCUT2D eigenvalue weighted by Crippen LogP contribution is -2.00. The molecule has 124 valence electrons. The molecule has 4 rings (SSSR count). The molecule has 0 aliphatic heterocycles. The first-order valence-electron chi connectivity index (χ1n) is 7.26. The summed E-state index contributed by atoms with van der Waals surface area (Å²) in [4.78, 5) is 9.43. The number of nitrogens with zero attached hydrogens (tertiary/aromatic N) is 10. The molecule has 0 aliphatic rings. The van der Waals surface area contributed by atoms with Gasteiger partial charge in [0.1, 0.15) is 12.1 Å². The van der Waals surface area contributed by atoms with Gasteiger partial charge in [-0.3, -0.25) is 0 Å². The van der Waals surface area contributed by atoms with E-state index in [0.717, 1.165) is 0 Å². The molecule has 4 aromatic rings. The van der Waals surface area contributed by atoms with E-state index in [-0.39, 0.29) is 0 Å². The van der Waals surface area contributed by atoms with Crippen molar-refractivity contribution in [3.05, 3.63) is 72.6 Å². The summed E-state index contributed by atoms with van der Waals surface area (Å²) >= 11 is 0. The van der Waals surface area contributed by atoms with Crippen LogP contribution in [0.15, 0.2) is 61.4 Å². The fourth-order valence-electron chi connectivity index (χ4n) is 1.82. The Labute approximate surface area is 147 Å². The van der Waals surface area contributed by atoms with Crippen molar-refractivity contribution in [2.45, 2.75) is 0 Å². The maximum atomic E-state index is 8.53. The standard InChI is InChI=1S/2C8H5N5/c9-5-7-1-2-8(10-6-7)13-4-3-11-12-13;9-5-7-1-2-8(10-6-7)13-11-3-4-12-13/h2*1-4,6H. The fourth-order valence-corrected chi connectivity index (χ4v) is 1.82. The maximum Gasteiger partial charge on any atom is 0.174 e. The summed E-state index contributed by atoms with van der Waals surface area (Å²) in [7, 11) is 0. The lowest BCUT2D eigenvalue weighted by atomic mass is 10.3. The van der Waals surface area contributed by atoms with Crippen LogP contribution in [-0.2, 0) is 0 Å². The second-order valence-electron chi connectivity index (χ2n) is 4.70. The summed E-state index contributed by atoms with van der Waals surface area (Å²) in [6.45, 7) is 0. The lowest BCUT2D eigenvalue weighted by Gasteiger charge is -1.96. The SMILES string of the molecule is N#Cc1ccc(-n2ccnn2)nc1.N#Cc1ccc(-n2nccn2)nc1. The molecule has 0 saturated heterocycles. The van der Waals surface area contributed by atoms with Crippen LogP contribution in [0.2, 0.25) is 0 Å². The largest absolute Gasteiger partial charge is 0.236 e. The third-order valence-corrected chi connectivity index (χ3v) is 3.03. The lowest BCUT2D eigenvalue weighted by molar-refractivity contribution is 0.729. The molecule has 0 aliphatic carbocycles. The molecule has 26 heavy (non-hydrogen) atoms. The van der Waals surface area contributed by atoms with Crippen molar-refractivity contribution in [2.75, 3.05) is 0 Å². The molecule has 0 aromatic carbocycles. The molecule has 10 nitrogen and oxygen atoms in total. The Bertz CT molecular complexity index is 933. The van der Waals surface area contributed by atoms with E-state index in [1.165, 1.54) is 21.9 Å². The zero-order chi connectivity index (χ0) is 18.2. The van der Waals surface area contributed by atoms with Crippen molar-refractivity contribution in [3.63, 3.8) is 0 Å². The highest BCUT2D eigenvalue weighted by atomic mass is 15.5. The van der Waals surface area contributed by atoms with Crippen LogP contribution in [0.3, 0.4) is 0 Å². The quantitative estimate of drug-likeness (QED) is 0.528. The summed E-state index contributed by atoms with van der Waals surface area (Å²) in [5, 5.41) is 32.3. The maximum absolute atomic E-state index is 8.53. The molecule has 0 fully saturated rings. The summed E-state index contributed by atoms with van der Waals surface area (Å²) < 4.78 is 1.53. The second-order valence-corrected chi connectivity index (χ2v) is 4.70. The van der Waals surface area contributed by atoms with E-state index in [0.29, 0.717) is 22.8 Å². The van der Waals surface area contributed by atoms with Gasteiger partial charge >= 0.3 is 0 Å². The van der Waals surface area contributed by atoms with Gasteiger partial charge < -0.3 is 0 Å². The molecule has 0 bridgehead atoms. The molecule has 10 heteroatoms. The number of nitriles is 2. The van der Waals surface area contributed by atoms with Gasteiger partial charge in [-0.15, -0.1) is 9.90 Å². The van der Waals surface area contributed by atoms with Crippen LogP contribution in [0.4, 0.5) is 0 Å². The minimum atomic E-state index is 0.524. The molecule has 0 N–H and O–H groups in total. The van der Waals surface area contributed by atoms with E-state index < -0.39 is 0 Å². The molecule has 0 saturated carbocycles. The van der Waals surface area contributed by atoms with Crippen LogP contribution in [0.5, 0.6) is 0 Å². The van der Waals surface area contributed by atoms with Gasteiger partial charge in [0.15, 0.2) is 11.6 Å². The minimum absolute atomic E-state index is 0.524. The zero-order valence-electron chi connectivity index (χ0n) is 13.2. The van der Waals surface area contributed by atoms with Gasteiger partial charge in [-0.2, -0.15) is 20.7 Å². The van der Waals surface area contributed by atoms with Crippen molar-refractivity contribution < 1.29 is 0 Å². The molecule has 0 unspecified atom stereocenters. The number of aromatic nitrogens is 8. The average molecular weight is 342 g/mol. The smallest absolute Gasteiger partial charge is 0.174 e. The monoisotopic (exact) mass is 342 g/mol. The third-order valence-electron chi connectivity index (χ3n) is 3.03. The summed E-state index contributed by atoms with van der Waals surface area (Å²) in [5.74, 6) is 1.25. The van der Waals surface area contributed by atoms with Crippen LogP contribution in [0.1, 0.15) is 11.1 Å². The van der Waals surface area contributed by atoms with E-state index >= 15 is 0 Å². The van der Waals surface area contributed by atoms with E-state index in [1.807, 2.05) is 12.1 Å². The van der Waals surface area contributed by atoms with E-state index in [1.54, 1.807) is 49.1 Å². The first-order chi connectivity index (χ1) is 12.8. The highest BCUT2D eigenvalue weighted by Crippen LogP contribution is 2.02. The van der Waals surface area contributed by atoms with E-state index in [4.69, 9.17) is 10.5 Å². The first kappa shape index (κ1) is 16.4. The number of rotatable bonds is 2. The predicted molar refractivity (Wildman–Crippen MR) is 87.7 cm³/mol. The third kappa shape index (κ3) is 3.90. The molecule has 4 aromatic heterocycles. The summed E-state index contributed by atoms with van der Waals surface area (Å²) in [5.41, 5.74) is 1.06. The van der Waals surface area contributed by atoms with Crippen LogP contribution < -0.4 is 0 Å². The minimum Gasteiger partial charge on any atom is -0.236 e. The van der Waals surface area contributed by atoms with Gasteiger partial charge in [-0.1, -0.05) is 5.21 Å². The number of pyridine rings is 2. The zero-order valence-corrected chi connectivity index (χ0v) is 13.2. The van der Waals surface area contributed by atoms with Gasteiger partial charge in [-0.25, -0.2) is 14.6 Å². The van der Waals surface area contributed by atoms with Crippen LogP contribution in [0, 0.1) is 22.7 Å². The van der Waals surface area contributed by atoms with Gasteiger partial charge in [0.2, 0.25) is 0 Å². The molecular weight excluding hydrogens is 332 g/mol. The fraction of sp³-hybridized carbons (Fsp3) is 0. The van der Waals surface area contributed by atoms with Crippen molar-refractivity contribution in [1.82, 2.24) is 40.0 Å². The normalized spacial score (nSPS) is 9.46. The number of hydrogen-bond acceptors (Lipinski definition) is 8. The van der Waals surface area contributed by atoms with Crippen LogP contribution in [0.25, 0.3) is 11.6 Å². The topological polar surface area (TPSA) is 135 Å². The Morgan fingerprint density at radius 1 is 0.769 bits per heavy atom. The molecule has 0 atom stereocenters. The molecule has 0 radical (unpaired) electrons. The summed E-state index contributed by atoms with van der Waals surface area (Å²) in [6.07, 6.45) is 9.38. The van der Waals surface area contributed by atoms with Crippen LogP contribution in [-0.4, -0.2) is 40.0 Å². The molecule has 0 amide bonds. The average Bonchev–Trinajstić information content (AvgIpc) is 3.43. The van der Waals surface area contributed by atoms with E-state index in [2.05, 4.69) is 30.5 Å². The van der Waals surface area contributed by atoms with E-state index in [9.17, 15) is 0 Å². The van der Waals surface area contributed by atoms with Crippen molar-refractivity contribution in [3.8, 4) is 23.8 Å². The van der Waals surface area contributed by atoms with Crippen molar-refractivity contribution >= 4 is 0 Å². The Hall–Kier alpha value is -4.44. The predicted octanol–water partition coefficient (Wildman–Crippen LogP) is 1.07. The van der Waals surface area contributed by atoms with Crippen molar-refractivity contribution in [1.29, 1.82) is 10.5 Å². The summed E-state index contributed by atoms with van der Waals surface area (Å²) in [6, 6.07) is 10.7. The first-order valence-corrected chi connectivity index (χ1v) is 7.26. The van der Waals surface area contributed by atoms with Gasteiger partial charge in [0.25, 0.3) is 0 Å². The van der Waals surface area contributed by atoms with Crippen LogP contribution >= 0.6 is 0 Å². The highest BCUT2D eigenvalue weighted by Gasteiger charge is 1.98. The second kappa shape index (κ2) is 7.90.